The highest BCUT2D eigenvalue weighted by molar-refractivity contribution is 5.87. The number of amides is 2. The molecule has 3 heterocycles. The van der Waals surface area contributed by atoms with E-state index in [4.69, 9.17) is 9.47 Å². The van der Waals surface area contributed by atoms with Crippen LogP contribution in [0.15, 0.2) is 48.5 Å². The molecule has 2 N–H and O–H groups in total. The van der Waals surface area contributed by atoms with Gasteiger partial charge in [0.2, 0.25) is 5.91 Å². The van der Waals surface area contributed by atoms with E-state index in [1.807, 2.05) is 30.3 Å². The lowest BCUT2D eigenvalue weighted by Gasteiger charge is -2.29. The standard InChI is InChI=1S/C29H36N2O6/c1-28(2)14-6-8-20-7-4-5-9-23(20)21-10-12-22(13-11-21)29(36-3)17-24(26(33)34)31(19-29)25(32)18-30-27(35)37-16-15-28/h4-5,7,9-13,24H,6,8,14-19H2,1-3H3,(H,30,35)(H,33,34)/t24-,29-/m0/s1. The minimum atomic E-state index is -1.11. The maximum atomic E-state index is 13.0. The van der Waals surface area contributed by atoms with Crippen LogP contribution in [-0.4, -0.2) is 60.8 Å². The monoisotopic (exact) mass is 508 g/mol. The summed E-state index contributed by atoms with van der Waals surface area (Å²) >= 11 is 0. The van der Waals surface area contributed by atoms with E-state index < -0.39 is 29.6 Å². The summed E-state index contributed by atoms with van der Waals surface area (Å²) in [5.41, 5.74) is 3.34. The molecule has 0 radical (unpaired) electrons. The van der Waals surface area contributed by atoms with Gasteiger partial charge in [0.05, 0.1) is 13.2 Å². The number of carboxylic acids is 1. The van der Waals surface area contributed by atoms with Gasteiger partial charge < -0.3 is 24.8 Å². The predicted molar refractivity (Wildman–Crippen MR) is 139 cm³/mol. The van der Waals surface area contributed by atoms with Crippen LogP contribution in [0.1, 0.15) is 50.7 Å². The maximum absolute atomic E-state index is 13.0. The number of nitrogens with one attached hydrogen (secondary N) is 1. The molecular weight excluding hydrogens is 472 g/mol. The van der Waals surface area contributed by atoms with E-state index in [1.165, 1.54) is 23.1 Å². The fourth-order valence-corrected chi connectivity index (χ4v) is 5.41. The van der Waals surface area contributed by atoms with Crippen LogP contribution in [0.3, 0.4) is 0 Å². The SMILES string of the molecule is CO[C@@]12C[C@@H](C(=O)O)N(C1)C(=O)CNC(=O)OCCC(C)(C)CCCc1ccccc1-c1ccc2cc1. The minimum Gasteiger partial charge on any atom is -0.480 e. The van der Waals surface area contributed by atoms with Crippen molar-refractivity contribution in [3.8, 4) is 11.1 Å². The van der Waals surface area contributed by atoms with Crippen molar-refractivity contribution in [2.24, 2.45) is 5.41 Å². The van der Waals surface area contributed by atoms with Crippen molar-refractivity contribution in [1.29, 1.82) is 0 Å². The van der Waals surface area contributed by atoms with Crippen LogP contribution in [0.2, 0.25) is 0 Å². The lowest BCUT2D eigenvalue weighted by Crippen LogP contribution is -2.46. The van der Waals surface area contributed by atoms with E-state index in [9.17, 15) is 19.5 Å². The highest BCUT2D eigenvalue weighted by Gasteiger charge is 2.50. The number of methoxy groups -OCH3 is 1. The molecule has 37 heavy (non-hydrogen) atoms. The molecule has 8 heteroatoms. The number of benzene rings is 2. The molecule has 1 fully saturated rings. The third-order valence-corrected chi connectivity index (χ3v) is 7.76. The summed E-state index contributed by atoms with van der Waals surface area (Å²) in [5, 5.41) is 12.3. The van der Waals surface area contributed by atoms with Crippen LogP contribution < -0.4 is 5.32 Å². The van der Waals surface area contributed by atoms with Crippen LogP contribution in [0.5, 0.6) is 0 Å². The van der Waals surface area contributed by atoms with Gasteiger partial charge in [-0.15, -0.1) is 0 Å². The summed E-state index contributed by atoms with van der Waals surface area (Å²) < 4.78 is 11.2. The number of ether oxygens (including phenoxy) is 2. The summed E-state index contributed by atoms with van der Waals surface area (Å²) in [6, 6.07) is 15.3. The number of alkyl carbamates (subject to hydrolysis) is 1. The van der Waals surface area contributed by atoms with Crippen LogP contribution in [0, 0.1) is 5.41 Å². The van der Waals surface area contributed by atoms with Gasteiger partial charge >= 0.3 is 12.1 Å². The Kier molecular flexibility index (Phi) is 7.87. The number of rotatable bonds is 2. The largest absolute Gasteiger partial charge is 0.480 e. The molecule has 0 unspecified atom stereocenters. The summed E-state index contributed by atoms with van der Waals surface area (Å²) in [6.07, 6.45) is 3.03. The molecule has 3 aliphatic rings. The molecule has 2 aromatic rings. The van der Waals surface area contributed by atoms with Gasteiger partial charge in [-0.25, -0.2) is 9.59 Å². The van der Waals surface area contributed by atoms with Crippen molar-refractivity contribution >= 4 is 18.0 Å². The van der Waals surface area contributed by atoms with Crippen LogP contribution >= 0.6 is 0 Å². The molecule has 198 valence electrons. The summed E-state index contributed by atoms with van der Waals surface area (Å²) in [7, 11) is 1.53. The molecule has 2 atom stereocenters. The fourth-order valence-electron chi connectivity index (χ4n) is 5.41. The number of carboxylic acid groups (broad SMARTS) is 1. The Hall–Kier alpha value is -3.39. The van der Waals surface area contributed by atoms with Crippen LogP contribution in [0.25, 0.3) is 11.1 Å². The van der Waals surface area contributed by atoms with Gasteiger partial charge in [-0.2, -0.15) is 0 Å². The van der Waals surface area contributed by atoms with Crippen molar-refractivity contribution < 1.29 is 29.0 Å². The molecule has 0 aliphatic carbocycles. The molecule has 3 aliphatic heterocycles. The van der Waals surface area contributed by atoms with Gasteiger partial charge in [-0.3, -0.25) is 4.79 Å². The number of carbonyl (C=O) groups is 3. The topological polar surface area (TPSA) is 105 Å². The summed E-state index contributed by atoms with van der Waals surface area (Å²) in [6.45, 7) is 4.29. The number of aryl methyl sites for hydroxylation is 1. The number of carbonyl (C=O) groups excluding carboxylic acids is 2. The van der Waals surface area contributed by atoms with Gasteiger partial charge in [-0.05, 0) is 53.4 Å². The molecule has 0 aromatic heterocycles. The summed E-state index contributed by atoms with van der Waals surface area (Å²) in [5.74, 6) is -1.61. The Bertz CT molecular complexity index is 1150. The van der Waals surface area contributed by atoms with Gasteiger partial charge in [-0.1, -0.05) is 62.4 Å². The Morgan fingerprint density at radius 2 is 1.84 bits per heavy atom. The molecule has 1 saturated heterocycles. The first-order valence-corrected chi connectivity index (χ1v) is 12.8. The number of fused-ring (bicyclic) bond motifs is 12. The lowest BCUT2D eigenvalue weighted by atomic mass is 9.83. The second-order valence-electron chi connectivity index (χ2n) is 10.8. The Morgan fingerprint density at radius 1 is 1.11 bits per heavy atom. The second-order valence-corrected chi connectivity index (χ2v) is 10.8. The molecule has 2 aromatic carbocycles. The molecule has 8 nitrogen and oxygen atoms in total. The Morgan fingerprint density at radius 3 is 2.54 bits per heavy atom. The van der Waals surface area contributed by atoms with Crippen molar-refractivity contribution in [3.05, 3.63) is 59.7 Å². The highest BCUT2D eigenvalue weighted by atomic mass is 16.5. The van der Waals surface area contributed by atoms with Gasteiger partial charge in [0.25, 0.3) is 0 Å². The Labute approximate surface area is 217 Å². The van der Waals surface area contributed by atoms with E-state index >= 15 is 0 Å². The second kappa shape index (κ2) is 10.9. The molecule has 0 spiro atoms. The van der Waals surface area contributed by atoms with E-state index in [0.717, 1.165) is 30.4 Å². The fraction of sp³-hybridized carbons (Fsp3) is 0.483. The van der Waals surface area contributed by atoms with Gasteiger partial charge in [0, 0.05) is 13.5 Å². The first kappa shape index (κ1) is 26.7. The summed E-state index contributed by atoms with van der Waals surface area (Å²) in [4.78, 5) is 38.6. The van der Waals surface area contributed by atoms with Crippen LogP contribution in [0.4, 0.5) is 4.79 Å². The average Bonchev–Trinajstić information content (AvgIpc) is 3.29. The smallest absolute Gasteiger partial charge is 0.407 e. The zero-order valence-corrected chi connectivity index (χ0v) is 21.8. The molecule has 2 amide bonds. The number of hydrogen-bond acceptors (Lipinski definition) is 5. The zero-order chi connectivity index (χ0) is 26.6. The average molecular weight is 509 g/mol. The van der Waals surface area contributed by atoms with Crippen molar-refractivity contribution in [2.45, 2.75) is 57.6 Å². The Balaban J connectivity index is 1.69. The van der Waals surface area contributed by atoms with E-state index in [0.29, 0.717) is 6.42 Å². The van der Waals surface area contributed by atoms with Crippen LogP contribution in [-0.2, 0) is 31.1 Å². The quantitative estimate of drug-likeness (QED) is 0.625. The maximum Gasteiger partial charge on any atom is 0.407 e. The van der Waals surface area contributed by atoms with Crippen molar-refractivity contribution in [3.63, 3.8) is 0 Å². The molecule has 0 saturated carbocycles. The number of nitrogens with zero attached hydrogens (tertiary/aromatic N) is 1. The van der Waals surface area contributed by atoms with Crippen molar-refractivity contribution in [1.82, 2.24) is 10.2 Å². The number of hydrogen-bond donors (Lipinski definition) is 2. The number of aliphatic carboxylic acids is 1. The van der Waals surface area contributed by atoms with Gasteiger partial charge in [0.1, 0.15) is 18.2 Å². The molecule has 4 bridgehead atoms. The molecular formula is C29H36N2O6. The predicted octanol–water partition coefficient (Wildman–Crippen LogP) is 4.36. The zero-order valence-electron chi connectivity index (χ0n) is 21.8. The minimum absolute atomic E-state index is 0.0126. The normalized spacial score (nSPS) is 24.6. The van der Waals surface area contributed by atoms with Gasteiger partial charge in [0.15, 0.2) is 0 Å². The highest BCUT2D eigenvalue weighted by Crippen LogP contribution is 2.40. The van der Waals surface area contributed by atoms with E-state index in [-0.39, 0.29) is 31.5 Å². The molecule has 5 rings (SSSR count). The van der Waals surface area contributed by atoms with Crippen molar-refractivity contribution in [2.75, 3.05) is 26.8 Å². The third-order valence-electron chi connectivity index (χ3n) is 7.76. The lowest BCUT2D eigenvalue weighted by molar-refractivity contribution is -0.147. The van der Waals surface area contributed by atoms with E-state index in [2.05, 4.69) is 37.4 Å². The first-order valence-electron chi connectivity index (χ1n) is 12.8. The van der Waals surface area contributed by atoms with E-state index in [1.54, 1.807) is 0 Å². The first-order chi connectivity index (χ1) is 17.6. The third kappa shape index (κ3) is 5.96.